The lowest BCUT2D eigenvalue weighted by Gasteiger charge is -2.23. The highest BCUT2D eigenvalue weighted by Crippen LogP contribution is 2.23. The quantitative estimate of drug-likeness (QED) is 0.825. The first-order chi connectivity index (χ1) is 9.08. The van der Waals surface area contributed by atoms with Crippen LogP contribution in [0.15, 0.2) is 42.6 Å². The van der Waals surface area contributed by atoms with E-state index < -0.39 is 5.60 Å². The van der Waals surface area contributed by atoms with Gasteiger partial charge in [0.25, 0.3) is 0 Å². The maximum atomic E-state index is 10.4. The molecule has 0 aliphatic rings. The van der Waals surface area contributed by atoms with Gasteiger partial charge in [-0.25, -0.2) is 9.97 Å². The molecule has 2 aromatic rings. The smallest absolute Gasteiger partial charge is 0.224 e. The van der Waals surface area contributed by atoms with Crippen molar-refractivity contribution >= 4 is 17.5 Å². The van der Waals surface area contributed by atoms with Crippen LogP contribution in [0, 0.1) is 0 Å². The molecule has 0 amide bonds. The van der Waals surface area contributed by atoms with Gasteiger partial charge in [0.2, 0.25) is 5.95 Å². The van der Waals surface area contributed by atoms with Gasteiger partial charge in [-0.1, -0.05) is 41.9 Å². The lowest BCUT2D eigenvalue weighted by Crippen LogP contribution is -2.25. The number of halogens is 1. The zero-order valence-corrected chi connectivity index (χ0v) is 11.4. The maximum Gasteiger partial charge on any atom is 0.224 e. The van der Waals surface area contributed by atoms with E-state index in [0.29, 0.717) is 24.1 Å². The second-order valence-electron chi connectivity index (χ2n) is 4.52. The van der Waals surface area contributed by atoms with Crippen molar-refractivity contribution in [1.82, 2.24) is 9.97 Å². The van der Waals surface area contributed by atoms with Crippen LogP contribution in [-0.2, 0) is 5.60 Å². The molecule has 0 aliphatic heterocycles. The van der Waals surface area contributed by atoms with Crippen LogP contribution < -0.4 is 5.32 Å². The molecule has 19 heavy (non-hydrogen) atoms. The van der Waals surface area contributed by atoms with Gasteiger partial charge in [0.1, 0.15) is 5.15 Å². The first kappa shape index (κ1) is 13.8. The Morgan fingerprint density at radius 3 is 2.68 bits per heavy atom. The molecular formula is C14H16ClN3O. The van der Waals surface area contributed by atoms with Crippen LogP contribution in [-0.4, -0.2) is 21.6 Å². The number of rotatable bonds is 5. The number of hydrogen-bond donors (Lipinski definition) is 2. The Hall–Kier alpha value is -1.65. The van der Waals surface area contributed by atoms with Crippen LogP contribution >= 0.6 is 11.6 Å². The summed E-state index contributed by atoms with van der Waals surface area (Å²) in [7, 11) is 0. The van der Waals surface area contributed by atoms with Gasteiger partial charge in [-0.05, 0) is 25.0 Å². The third-order valence-electron chi connectivity index (χ3n) is 2.91. The van der Waals surface area contributed by atoms with Crippen LogP contribution in [0.3, 0.4) is 0 Å². The molecule has 1 heterocycles. The van der Waals surface area contributed by atoms with Crippen LogP contribution in [0.1, 0.15) is 18.9 Å². The third kappa shape index (κ3) is 3.91. The Labute approximate surface area is 117 Å². The molecule has 100 valence electrons. The standard InChI is InChI=1S/C14H16ClN3O/c1-14(19,11-5-3-2-4-6-11)8-10-17-13-16-9-7-12(15)18-13/h2-7,9,19H,8,10H2,1H3,(H,16,17,18). The monoisotopic (exact) mass is 277 g/mol. The average molecular weight is 278 g/mol. The van der Waals surface area contributed by atoms with Crippen LogP contribution in [0.25, 0.3) is 0 Å². The minimum Gasteiger partial charge on any atom is -0.385 e. The number of aromatic nitrogens is 2. The van der Waals surface area contributed by atoms with Crippen molar-refractivity contribution in [2.24, 2.45) is 0 Å². The second kappa shape index (κ2) is 5.99. The summed E-state index contributed by atoms with van der Waals surface area (Å²) in [5.41, 5.74) is 0.0103. The topological polar surface area (TPSA) is 58.0 Å². The molecule has 0 spiro atoms. The predicted molar refractivity (Wildman–Crippen MR) is 76.2 cm³/mol. The number of hydrogen-bond acceptors (Lipinski definition) is 4. The molecule has 0 aliphatic carbocycles. The predicted octanol–water partition coefficient (Wildman–Crippen LogP) is 2.84. The van der Waals surface area contributed by atoms with Gasteiger partial charge in [-0.3, -0.25) is 0 Å². The molecule has 0 bridgehead atoms. The largest absolute Gasteiger partial charge is 0.385 e. The molecule has 2 N–H and O–H groups in total. The second-order valence-corrected chi connectivity index (χ2v) is 4.91. The van der Waals surface area contributed by atoms with Gasteiger partial charge in [0.15, 0.2) is 0 Å². The van der Waals surface area contributed by atoms with Crippen molar-refractivity contribution in [3.8, 4) is 0 Å². The molecule has 2 rings (SSSR count). The van der Waals surface area contributed by atoms with E-state index in [1.54, 1.807) is 19.2 Å². The highest BCUT2D eigenvalue weighted by molar-refractivity contribution is 6.29. The molecule has 1 atom stereocenters. The van der Waals surface area contributed by atoms with Gasteiger partial charge in [0.05, 0.1) is 5.60 Å². The fraction of sp³-hybridized carbons (Fsp3) is 0.286. The van der Waals surface area contributed by atoms with Crippen molar-refractivity contribution in [3.63, 3.8) is 0 Å². The third-order valence-corrected chi connectivity index (χ3v) is 3.12. The first-order valence-corrected chi connectivity index (χ1v) is 6.46. The normalized spacial score (nSPS) is 13.8. The minimum absolute atomic E-state index is 0.396. The molecular weight excluding hydrogens is 262 g/mol. The lowest BCUT2D eigenvalue weighted by atomic mass is 9.93. The molecule has 4 nitrogen and oxygen atoms in total. The Morgan fingerprint density at radius 2 is 2.00 bits per heavy atom. The Bertz CT molecular complexity index is 531. The van der Waals surface area contributed by atoms with E-state index in [9.17, 15) is 5.11 Å². The van der Waals surface area contributed by atoms with E-state index in [1.165, 1.54) is 0 Å². The van der Waals surface area contributed by atoms with E-state index in [-0.39, 0.29) is 0 Å². The Kier molecular flexibility index (Phi) is 4.35. The lowest BCUT2D eigenvalue weighted by molar-refractivity contribution is 0.0515. The zero-order valence-electron chi connectivity index (χ0n) is 10.7. The van der Waals surface area contributed by atoms with Gasteiger partial charge in [-0.15, -0.1) is 0 Å². The highest BCUT2D eigenvalue weighted by Gasteiger charge is 2.22. The van der Waals surface area contributed by atoms with Crippen molar-refractivity contribution in [2.75, 3.05) is 11.9 Å². The molecule has 1 aromatic heterocycles. The van der Waals surface area contributed by atoms with E-state index in [4.69, 9.17) is 11.6 Å². The van der Waals surface area contributed by atoms with Gasteiger partial charge in [0, 0.05) is 12.7 Å². The van der Waals surface area contributed by atoms with E-state index >= 15 is 0 Å². The first-order valence-electron chi connectivity index (χ1n) is 6.08. The van der Waals surface area contributed by atoms with Crippen molar-refractivity contribution in [3.05, 3.63) is 53.3 Å². The molecule has 0 saturated heterocycles. The van der Waals surface area contributed by atoms with E-state index in [2.05, 4.69) is 15.3 Å². The molecule has 0 fully saturated rings. The van der Waals surface area contributed by atoms with Crippen molar-refractivity contribution < 1.29 is 5.11 Å². The van der Waals surface area contributed by atoms with Crippen LogP contribution in [0.2, 0.25) is 5.15 Å². The summed E-state index contributed by atoms with van der Waals surface area (Å²) < 4.78 is 0. The summed E-state index contributed by atoms with van der Waals surface area (Å²) in [5.74, 6) is 0.469. The van der Waals surface area contributed by atoms with E-state index in [0.717, 1.165) is 5.56 Å². The summed E-state index contributed by atoms with van der Waals surface area (Å²) in [6.07, 6.45) is 2.14. The summed E-state index contributed by atoms with van der Waals surface area (Å²) in [6.45, 7) is 2.35. The SMILES string of the molecule is CC(O)(CCNc1nccc(Cl)n1)c1ccccc1. The van der Waals surface area contributed by atoms with Gasteiger partial charge < -0.3 is 10.4 Å². The Morgan fingerprint density at radius 1 is 1.26 bits per heavy atom. The fourth-order valence-corrected chi connectivity index (χ4v) is 1.92. The van der Waals surface area contributed by atoms with Crippen LogP contribution in [0.5, 0.6) is 0 Å². The molecule has 0 saturated carbocycles. The summed E-state index contributed by atoms with van der Waals surface area (Å²) in [6, 6.07) is 11.2. The van der Waals surface area contributed by atoms with Gasteiger partial charge in [-0.2, -0.15) is 0 Å². The van der Waals surface area contributed by atoms with Gasteiger partial charge >= 0.3 is 0 Å². The molecule has 1 unspecified atom stereocenters. The maximum absolute atomic E-state index is 10.4. The molecule has 0 radical (unpaired) electrons. The fourth-order valence-electron chi connectivity index (χ4n) is 1.78. The number of anilines is 1. The van der Waals surface area contributed by atoms with Crippen molar-refractivity contribution in [1.29, 1.82) is 0 Å². The Balaban J connectivity index is 1.92. The summed E-state index contributed by atoms with van der Waals surface area (Å²) in [4.78, 5) is 8.07. The number of nitrogens with zero attached hydrogens (tertiary/aromatic N) is 2. The average Bonchev–Trinajstić information content (AvgIpc) is 2.40. The number of aliphatic hydroxyl groups is 1. The summed E-state index contributed by atoms with van der Waals surface area (Å²) >= 11 is 5.77. The summed E-state index contributed by atoms with van der Waals surface area (Å²) in [5, 5.41) is 13.9. The van der Waals surface area contributed by atoms with E-state index in [1.807, 2.05) is 30.3 Å². The minimum atomic E-state index is -0.882. The number of nitrogens with one attached hydrogen (secondary N) is 1. The highest BCUT2D eigenvalue weighted by atomic mass is 35.5. The molecule has 1 aromatic carbocycles. The van der Waals surface area contributed by atoms with Crippen molar-refractivity contribution in [2.45, 2.75) is 18.9 Å². The zero-order chi connectivity index (χ0) is 13.7. The van der Waals surface area contributed by atoms with Crippen LogP contribution in [0.4, 0.5) is 5.95 Å². The molecule has 5 heteroatoms. The number of benzene rings is 1.